The van der Waals surface area contributed by atoms with Gasteiger partial charge in [-0.25, -0.2) is 8.78 Å². The molecule has 2 N–H and O–H groups in total. The van der Waals surface area contributed by atoms with Crippen molar-refractivity contribution in [3.63, 3.8) is 0 Å². The van der Waals surface area contributed by atoms with Crippen LogP contribution in [0, 0.1) is 0 Å². The van der Waals surface area contributed by atoms with Crippen molar-refractivity contribution in [2.75, 3.05) is 19.6 Å². The Morgan fingerprint density at radius 1 is 1.25 bits per heavy atom. The van der Waals surface area contributed by atoms with Crippen molar-refractivity contribution >= 4 is 0 Å². The Hall–Kier alpha value is -1.04. The Labute approximate surface area is 118 Å². The lowest BCUT2D eigenvalue weighted by atomic mass is 10.0. The Bertz CT molecular complexity index is 432. The van der Waals surface area contributed by atoms with Crippen LogP contribution in [0.3, 0.4) is 0 Å². The first-order valence-corrected chi connectivity index (χ1v) is 6.98. The maximum atomic E-state index is 12.8. The van der Waals surface area contributed by atoms with E-state index < -0.39 is 6.43 Å². The van der Waals surface area contributed by atoms with Crippen LogP contribution in [0.15, 0.2) is 24.3 Å². The number of benzene rings is 1. The van der Waals surface area contributed by atoms with Crippen molar-refractivity contribution in [3.05, 3.63) is 35.4 Å². The predicted octanol–water partition coefficient (Wildman–Crippen LogP) is 2.73. The SMILES string of the molecule is C[C@@H]1CN(C(CN)c2cccc(C(F)F)c2)C[C@H](C)O1. The highest BCUT2D eigenvalue weighted by Gasteiger charge is 2.28. The number of hydrogen-bond donors (Lipinski definition) is 1. The Kier molecular flexibility index (Phi) is 5.07. The molecule has 112 valence electrons. The molecule has 1 aliphatic heterocycles. The summed E-state index contributed by atoms with van der Waals surface area (Å²) in [6, 6.07) is 6.52. The minimum absolute atomic E-state index is 0.0394. The van der Waals surface area contributed by atoms with Gasteiger partial charge in [0, 0.05) is 31.2 Å². The van der Waals surface area contributed by atoms with Crippen molar-refractivity contribution in [2.24, 2.45) is 5.73 Å². The first-order valence-electron chi connectivity index (χ1n) is 6.98. The average Bonchev–Trinajstić information content (AvgIpc) is 2.39. The molecule has 1 aliphatic rings. The molecule has 1 fully saturated rings. The van der Waals surface area contributed by atoms with E-state index >= 15 is 0 Å². The monoisotopic (exact) mass is 284 g/mol. The van der Waals surface area contributed by atoms with Crippen LogP contribution in [0.5, 0.6) is 0 Å². The molecule has 0 radical (unpaired) electrons. The van der Waals surface area contributed by atoms with Gasteiger partial charge < -0.3 is 10.5 Å². The summed E-state index contributed by atoms with van der Waals surface area (Å²) in [6.45, 7) is 5.99. The summed E-state index contributed by atoms with van der Waals surface area (Å²) in [5.41, 5.74) is 6.79. The number of halogens is 2. The third-order valence-corrected chi connectivity index (χ3v) is 3.66. The van der Waals surface area contributed by atoms with Gasteiger partial charge in [0.2, 0.25) is 0 Å². The molecule has 1 aromatic carbocycles. The van der Waals surface area contributed by atoms with E-state index in [1.165, 1.54) is 6.07 Å². The molecule has 3 atom stereocenters. The van der Waals surface area contributed by atoms with E-state index in [0.717, 1.165) is 18.7 Å². The molecule has 0 aromatic heterocycles. The zero-order valence-electron chi connectivity index (χ0n) is 11.9. The van der Waals surface area contributed by atoms with Crippen LogP contribution in [0.4, 0.5) is 8.78 Å². The lowest BCUT2D eigenvalue weighted by molar-refractivity contribution is -0.0799. The van der Waals surface area contributed by atoms with Gasteiger partial charge in [-0.05, 0) is 25.5 Å². The molecule has 2 rings (SSSR count). The first-order chi connectivity index (χ1) is 9.51. The molecule has 1 saturated heterocycles. The number of ether oxygens (including phenoxy) is 1. The lowest BCUT2D eigenvalue weighted by Crippen LogP contribution is -2.48. The summed E-state index contributed by atoms with van der Waals surface area (Å²) in [5, 5.41) is 0. The Morgan fingerprint density at radius 2 is 1.85 bits per heavy atom. The fourth-order valence-corrected chi connectivity index (χ4v) is 2.87. The quantitative estimate of drug-likeness (QED) is 0.924. The number of rotatable bonds is 4. The number of alkyl halides is 2. The first kappa shape index (κ1) is 15.4. The molecule has 3 nitrogen and oxygen atoms in total. The molecular formula is C15H22F2N2O. The molecule has 0 bridgehead atoms. The second-order valence-corrected chi connectivity index (χ2v) is 5.43. The van der Waals surface area contributed by atoms with Crippen molar-refractivity contribution in [3.8, 4) is 0 Å². The number of nitrogens with zero attached hydrogens (tertiary/aromatic N) is 1. The lowest BCUT2D eigenvalue weighted by Gasteiger charge is -2.40. The van der Waals surface area contributed by atoms with Crippen LogP contribution in [0.25, 0.3) is 0 Å². The topological polar surface area (TPSA) is 38.5 Å². The molecule has 1 heterocycles. The van der Waals surface area contributed by atoms with E-state index in [1.54, 1.807) is 12.1 Å². The molecule has 0 aliphatic carbocycles. The van der Waals surface area contributed by atoms with Gasteiger partial charge in [0.1, 0.15) is 0 Å². The van der Waals surface area contributed by atoms with Gasteiger partial charge in [-0.3, -0.25) is 4.90 Å². The highest BCUT2D eigenvalue weighted by atomic mass is 19.3. The summed E-state index contributed by atoms with van der Waals surface area (Å²) in [5.74, 6) is 0. The molecule has 0 amide bonds. The third-order valence-electron chi connectivity index (χ3n) is 3.66. The van der Waals surface area contributed by atoms with Crippen molar-refractivity contribution in [1.29, 1.82) is 0 Å². The van der Waals surface area contributed by atoms with E-state index in [9.17, 15) is 8.78 Å². The zero-order valence-corrected chi connectivity index (χ0v) is 11.9. The van der Waals surface area contributed by atoms with Gasteiger partial charge in [-0.1, -0.05) is 18.2 Å². The minimum Gasteiger partial charge on any atom is -0.373 e. The maximum absolute atomic E-state index is 12.8. The zero-order chi connectivity index (χ0) is 14.7. The van der Waals surface area contributed by atoms with Crippen molar-refractivity contribution in [1.82, 2.24) is 4.90 Å². The standard InChI is InChI=1S/C15H22F2N2O/c1-10-8-19(9-11(2)20-10)14(7-18)12-4-3-5-13(6-12)15(16)17/h3-6,10-11,14-15H,7-9,18H2,1-2H3/t10-,11+,14?. The fraction of sp³-hybridized carbons (Fsp3) is 0.600. The average molecular weight is 284 g/mol. The maximum Gasteiger partial charge on any atom is 0.263 e. The highest BCUT2D eigenvalue weighted by molar-refractivity contribution is 5.27. The number of morpholine rings is 1. The summed E-state index contributed by atoms with van der Waals surface area (Å²) in [7, 11) is 0. The predicted molar refractivity (Wildman–Crippen MR) is 74.8 cm³/mol. The molecule has 20 heavy (non-hydrogen) atoms. The normalized spacial score (nSPS) is 25.9. The molecular weight excluding hydrogens is 262 g/mol. The molecule has 5 heteroatoms. The number of nitrogens with two attached hydrogens (primary N) is 1. The Morgan fingerprint density at radius 3 is 2.40 bits per heavy atom. The van der Waals surface area contributed by atoms with Gasteiger partial charge in [-0.2, -0.15) is 0 Å². The van der Waals surface area contributed by atoms with Crippen LogP contribution in [-0.4, -0.2) is 36.7 Å². The van der Waals surface area contributed by atoms with Gasteiger partial charge >= 0.3 is 0 Å². The molecule has 1 unspecified atom stereocenters. The van der Waals surface area contributed by atoms with E-state index in [2.05, 4.69) is 4.90 Å². The van der Waals surface area contributed by atoms with Crippen molar-refractivity contribution < 1.29 is 13.5 Å². The summed E-state index contributed by atoms with van der Waals surface area (Å²) in [6.07, 6.45) is -2.19. The highest BCUT2D eigenvalue weighted by Crippen LogP contribution is 2.27. The second kappa shape index (κ2) is 6.61. The van der Waals surface area contributed by atoms with E-state index in [1.807, 2.05) is 19.9 Å². The van der Waals surface area contributed by atoms with Crippen LogP contribution in [-0.2, 0) is 4.74 Å². The van der Waals surface area contributed by atoms with Gasteiger partial charge in [0.25, 0.3) is 6.43 Å². The van der Waals surface area contributed by atoms with E-state index in [-0.39, 0.29) is 23.8 Å². The van der Waals surface area contributed by atoms with Crippen LogP contribution < -0.4 is 5.73 Å². The van der Waals surface area contributed by atoms with E-state index in [0.29, 0.717) is 6.54 Å². The van der Waals surface area contributed by atoms with Crippen LogP contribution in [0.2, 0.25) is 0 Å². The summed E-state index contributed by atoms with van der Waals surface area (Å²) >= 11 is 0. The molecule has 1 aromatic rings. The third kappa shape index (κ3) is 3.53. The summed E-state index contributed by atoms with van der Waals surface area (Å²) < 4.78 is 31.3. The molecule has 0 spiro atoms. The largest absolute Gasteiger partial charge is 0.373 e. The van der Waals surface area contributed by atoms with E-state index in [4.69, 9.17) is 10.5 Å². The fourth-order valence-electron chi connectivity index (χ4n) is 2.87. The number of hydrogen-bond acceptors (Lipinski definition) is 3. The van der Waals surface area contributed by atoms with Crippen LogP contribution >= 0.6 is 0 Å². The smallest absolute Gasteiger partial charge is 0.263 e. The van der Waals surface area contributed by atoms with Gasteiger partial charge in [-0.15, -0.1) is 0 Å². The van der Waals surface area contributed by atoms with Gasteiger partial charge in [0.15, 0.2) is 0 Å². The minimum atomic E-state index is -2.45. The van der Waals surface area contributed by atoms with Gasteiger partial charge in [0.05, 0.1) is 12.2 Å². The molecule has 0 saturated carbocycles. The Balaban J connectivity index is 2.21. The van der Waals surface area contributed by atoms with Crippen molar-refractivity contribution in [2.45, 2.75) is 38.5 Å². The second-order valence-electron chi connectivity index (χ2n) is 5.43. The summed E-state index contributed by atoms with van der Waals surface area (Å²) in [4.78, 5) is 2.23. The van der Waals surface area contributed by atoms with Crippen LogP contribution in [0.1, 0.15) is 37.4 Å².